The average molecular weight is 300 g/mol. The van der Waals surface area contributed by atoms with E-state index in [1.54, 1.807) is 13.1 Å². The van der Waals surface area contributed by atoms with Crippen molar-refractivity contribution >= 4 is 0 Å². The van der Waals surface area contributed by atoms with Gasteiger partial charge in [-0.25, -0.2) is 0 Å². The molecule has 0 aliphatic rings. The molecule has 0 radical (unpaired) electrons. The molecule has 0 spiro atoms. The zero-order chi connectivity index (χ0) is 15.8. The van der Waals surface area contributed by atoms with Crippen LogP contribution in [0.25, 0.3) is 0 Å². The molecule has 22 heavy (non-hydrogen) atoms. The number of rotatable bonds is 8. The molecule has 1 heterocycles. The first-order valence-electron chi connectivity index (χ1n) is 7.82. The largest absolute Gasteiger partial charge is 0.503 e. The number of hydrogen-bond donors (Lipinski definition) is 2. The van der Waals surface area contributed by atoms with E-state index in [1.807, 2.05) is 10.6 Å². The van der Waals surface area contributed by atoms with Crippen molar-refractivity contribution in [3.05, 3.63) is 64.1 Å². The first kappa shape index (κ1) is 16.3. The van der Waals surface area contributed by atoms with Gasteiger partial charge < -0.3 is 15.0 Å². The molecule has 0 aliphatic carbocycles. The van der Waals surface area contributed by atoms with Crippen molar-refractivity contribution in [1.82, 2.24) is 9.88 Å². The number of unbranched alkanes of at least 4 members (excludes halogenated alkanes) is 2. The summed E-state index contributed by atoms with van der Waals surface area (Å²) < 4.78 is 1.94. The minimum absolute atomic E-state index is 0.132. The van der Waals surface area contributed by atoms with E-state index in [0.29, 0.717) is 5.69 Å². The number of nitrogens with zero attached hydrogens (tertiary/aromatic N) is 1. The topological polar surface area (TPSA) is 54.3 Å². The van der Waals surface area contributed by atoms with E-state index in [1.165, 1.54) is 11.6 Å². The Kier molecular flexibility index (Phi) is 6.22. The van der Waals surface area contributed by atoms with Crippen LogP contribution in [0, 0.1) is 6.92 Å². The van der Waals surface area contributed by atoms with Gasteiger partial charge in [-0.3, -0.25) is 4.79 Å². The SMILES string of the molecule is Cc1c(O)c(=O)ccn1CCCCCNCc1ccccc1. The van der Waals surface area contributed by atoms with Crippen LogP contribution in [0.3, 0.4) is 0 Å². The zero-order valence-electron chi connectivity index (χ0n) is 13.1. The Morgan fingerprint density at radius 1 is 1.09 bits per heavy atom. The molecule has 0 saturated heterocycles. The summed E-state index contributed by atoms with van der Waals surface area (Å²) in [6, 6.07) is 11.8. The summed E-state index contributed by atoms with van der Waals surface area (Å²) >= 11 is 0. The van der Waals surface area contributed by atoms with Crippen LogP contribution >= 0.6 is 0 Å². The van der Waals surface area contributed by atoms with Crippen molar-refractivity contribution in [1.29, 1.82) is 0 Å². The number of pyridine rings is 1. The first-order chi connectivity index (χ1) is 10.7. The van der Waals surface area contributed by atoms with Gasteiger partial charge in [0.25, 0.3) is 0 Å². The van der Waals surface area contributed by atoms with E-state index < -0.39 is 0 Å². The smallest absolute Gasteiger partial charge is 0.223 e. The van der Waals surface area contributed by atoms with Crippen molar-refractivity contribution < 1.29 is 5.11 Å². The van der Waals surface area contributed by atoms with Gasteiger partial charge in [0.15, 0.2) is 5.75 Å². The Morgan fingerprint density at radius 2 is 1.86 bits per heavy atom. The lowest BCUT2D eigenvalue weighted by Gasteiger charge is -2.11. The number of aromatic hydroxyl groups is 1. The fourth-order valence-electron chi connectivity index (χ4n) is 2.44. The summed E-state index contributed by atoms with van der Waals surface area (Å²) in [5, 5.41) is 13.1. The van der Waals surface area contributed by atoms with E-state index in [0.717, 1.165) is 38.9 Å². The van der Waals surface area contributed by atoms with Gasteiger partial charge in [-0.15, -0.1) is 0 Å². The molecule has 0 aliphatic heterocycles. The van der Waals surface area contributed by atoms with E-state index in [2.05, 4.69) is 29.6 Å². The molecule has 0 unspecified atom stereocenters. The molecule has 2 N–H and O–H groups in total. The van der Waals surface area contributed by atoms with Gasteiger partial charge in [-0.1, -0.05) is 36.8 Å². The minimum Gasteiger partial charge on any atom is -0.503 e. The third-order valence-corrected chi connectivity index (χ3v) is 3.84. The van der Waals surface area contributed by atoms with E-state index in [4.69, 9.17) is 0 Å². The Labute approximate surface area is 131 Å². The van der Waals surface area contributed by atoms with Crippen molar-refractivity contribution in [3.8, 4) is 5.75 Å². The van der Waals surface area contributed by atoms with Gasteiger partial charge in [0.2, 0.25) is 5.43 Å². The van der Waals surface area contributed by atoms with Crippen LogP contribution in [0.4, 0.5) is 0 Å². The van der Waals surface area contributed by atoms with E-state index in [-0.39, 0.29) is 11.2 Å². The predicted molar refractivity (Wildman–Crippen MR) is 89.1 cm³/mol. The number of aromatic nitrogens is 1. The normalized spacial score (nSPS) is 10.8. The van der Waals surface area contributed by atoms with Gasteiger partial charge in [-0.2, -0.15) is 0 Å². The Hall–Kier alpha value is -2.07. The van der Waals surface area contributed by atoms with Gasteiger partial charge >= 0.3 is 0 Å². The first-order valence-corrected chi connectivity index (χ1v) is 7.82. The summed E-state index contributed by atoms with van der Waals surface area (Å²) in [6.07, 6.45) is 5.04. The molecule has 2 rings (SSSR count). The molecule has 1 aromatic heterocycles. The highest BCUT2D eigenvalue weighted by Gasteiger charge is 2.04. The highest BCUT2D eigenvalue weighted by Crippen LogP contribution is 2.10. The van der Waals surface area contributed by atoms with Crippen molar-refractivity contribution in [2.75, 3.05) is 6.54 Å². The van der Waals surface area contributed by atoms with Gasteiger partial charge in [0.05, 0.1) is 5.69 Å². The summed E-state index contributed by atoms with van der Waals surface area (Å²) in [4.78, 5) is 11.3. The van der Waals surface area contributed by atoms with Crippen LogP contribution in [0.15, 0.2) is 47.4 Å². The van der Waals surface area contributed by atoms with Crippen LogP contribution in [0.1, 0.15) is 30.5 Å². The van der Waals surface area contributed by atoms with Gasteiger partial charge in [0.1, 0.15) is 0 Å². The van der Waals surface area contributed by atoms with Crippen LogP contribution < -0.4 is 10.7 Å². The van der Waals surface area contributed by atoms with Crippen LogP contribution in [0.5, 0.6) is 5.75 Å². The molecule has 2 aromatic rings. The third-order valence-electron chi connectivity index (χ3n) is 3.84. The number of aryl methyl sites for hydroxylation is 1. The Morgan fingerprint density at radius 3 is 2.64 bits per heavy atom. The minimum atomic E-state index is -0.307. The molecule has 1 aromatic carbocycles. The molecule has 0 saturated carbocycles. The second kappa shape index (κ2) is 8.39. The van der Waals surface area contributed by atoms with Crippen molar-refractivity contribution in [2.24, 2.45) is 0 Å². The zero-order valence-corrected chi connectivity index (χ0v) is 13.1. The molecular weight excluding hydrogens is 276 g/mol. The van der Waals surface area contributed by atoms with Gasteiger partial charge in [-0.05, 0) is 31.9 Å². The standard InChI is InChI=1S/C18H24N2O2/c1-15-18(22)17(21)10-13-20(15)12-7-3-6-11-19-14-16-8-4-2-5-9-16/h2,4-5,8-10,13,19,22H,3,6-7,11-12,14H2,1H3. The van der Waals surface area contributed by atoms with Crippen molar-refractivity contribution in [2.45, 2.75) is 39.3 Å². The summed E-state index contributed by atoms with van der Waals surface area (Å²) in [7, 11) is 0. The van der Waals surface area contributed by atoms with Crippen molar-refractivity contribution in [3.63, 3.8) is 0 Å². The van der Waals surface area contributed by atoms with Crippen LogP contribution in [0.2, 0.25) is 0 Å². The molecule has 4 nitrogen and oxygen atoms in total. The quantitative estimate of drug-likeness (QED) is 0.737. The highest BCUT2D eigenvalue weighted by atomic mass is 16.3. The molecule has 0 fully saturated rings. The monoisotopic (exact) mass is 300 g/mol. The molecule has 4 heteroatoms. The lowest BCUT2D eigenvalue weighted by atomic mass is 10.2. The Bertz CT molecular complexity index is 635. The molecule has 118 valence electrons. The molecular formula is C18H24N2O2. The molecule has 0 bridgehead atoms. The van der Waals surface area contributed by atoms with E-state index >= 15 is 0 Å². The fourth-order valence-corrected chi connectivity index (χ4v) is 2.44. The fraction of sp³-hybridized carbons (Fsp3) is 0.389. The van der Waals surface area contributed by atoms with Gasteiger partial charge in [0, 0.05) is 25.4 Å². The lowest BCUT2D eigenvalue weighted by molar-refractivity contribution is 0.449. The third kappa shape index (κ3) is 4.74. The predicted octanol–water partition coefficient (Wildman–Crippen LogP) is 2.82. The molecule has 0 atom stereocenters. The number of nitrogens with one attached hydrogen (secondary N) is 1. The molecule has 0 amide bonds. The Balaban J connectivity index is 1.62. The van der Waals surface area contributed by atoms with Crippen LogP contribution in [-0.2, 0) is 13.1 Å². The maximum Gasteiger partial charge on any atom is 0.223 e. The highest BCUT2D eigenvalue weighted by molar-refractivity contribution is 5.25. The number of hydrogen-bond acceptors (Lipinski definition) is 3. The summed E-state index contributed by atoms with van der Waals surface area (Å²) in [5.74, 6) is -0.132. The summed E-state index contributed by atoms with van der Waals surface area (Å²) in [6.45, 7) is 4.52. The second-order valence-electron chi connectivity index (χ2n) is 5.53. The second-order valence-corrected chi connectivity index (χ2v) is 5.53. The lowest BCUT2D eigenvalue weighted by Crippen LogP contribution is -2.15. The maximum atomic E-state index is 11.3. The average Bonchev–Trinajstić information content (AvgIpc) is 2.54. The summed E-state index contributed by atoms with van der Waals surface area (Å²) in [5.41, 5.74) is 1.65. The van der Waals surface area contributed by atoms with Crippen LogP contribution in [-0.4, -0.2) is 16.2 Å². The maximum absolute atomic E-state index is 11.3. The van der Waals surface area contributed by atoms with E-state index in [9.17, 15) is 9.90 Å². The number of benzene rings is 1.